The van der Waals surface area contributed by atoms with Crippen molar-refractivity contribution in [3.8, 4) is 5.75 Å². The quantitative estimate of drug-likeness (QED) is 0.374. The highest BCUT2D eigenvalue weighted by molar-refractivity contribution is 7.99. The van der Waals surface area contributed by atoms with Crippen molar-refractivity contribution in [2.45, 2.75) is 64.2 Å². The number of ether oxygens (including phenoxy) is 6. The van der Waals surface area contributed by atoms with Crippen molar-refractivity contribution in [1.29, 1.82) is 0 Å². The highest BCUT2D eigenvalue weighted by atomic mass is 32.2. The SMILES string of the molecule is CCS[C@@H]1O[C@H](COC(C)=O)[C@H](OC(C)=O)[C@H](OC(C)=O)[C@H]1OCc1ccc(OC)cc1. The van der Waals surface area contributed by atoms with E-state index in [1.807, 2.05) is 31.2 Å². The maximum Gasteiger partial charge on any atom is 0.303 e. The molecule has 1 aliphatic heterocycles. The second kappa shape index (κ2) is 12.7. The van der Waals surface area contributed by atoms with Crippen LogP contribution in [0.5, 0.6) is 5.75 Å². The first-order valence-corrected chi connectivity index (χ1v) is 11.3. The van der Waals surface area contributed by atoms with Crippen molar-refractivity contribution < 1.29 is 42.8 Å². The van der Waals surface area contributed by atoms with Gasteiger partial charge in [-0.3, -0.25) is 14.4 Å². The number of methoxy groups -OCH3 is 1. The van der Waals surface area contributed by atoms with Crippen LogP contribution in [0.2, 0.25) is 0 Å². The minimum Gasteiger partial charge on any atom is -0.497 e. The molecular weight excluding hydrogens is 440 g/mol. The fourth-order valence-electron chi connectivity index (χ4n) is 3.26. The lowest BCUT2D eigenvalue weighted by atomic mass is 9.99. The summed E-state index contributed by atoms with van der Waals surface area (Å²) in [6.07, 6.45) is -3.51. The molecule has 0 amide bonds. The van der Waals surface area contributed by atoms with Crippen LogP contribution >= 0.6 is 11.8 Å². The fraction of sp³-hybridized carbons (Fsp3) is 0.591. The van der Waals surface area contributed by atoms with Gasteiger partial charge in [-0.05, 0) is 23.4 Å². The number of benzene rings is 1. The molecule has 1 saturated heterocycles. The van der Waals surface area contributed by atoms with Crippen LogP contribution in [0, 0.1) is 0 Å². The number of thioether (sulfide) groups is 1. The first kappa shape index (κ1) is 26.0. The van der Waals surface area contributed by atoms with Gasteiger partial charge in [-0.2, -0.15) is 0 Å². The van der Waals surface area contributed by atoms with Crippen LogP contribution in [0.4, 0.5) is 0 Å². The Bertz CT molecular complexity index is 767. The average molecular weight is 471 g/mol. The summed E-state index contributed by atoms with van der Waals surface area (Å²) in [7, 11) is 1.59. The molecule has 5 atom stereocenters. The van der Waals surface area contributed by atoms with E-state index in [2.05, 4.69) is 0 Å². The summed E-state index contributed by atoms with van der Waals surface area (Å²) in [6, 6.07) is 7.35. The molecule has 0 saturated carbocycles. The smallest absolute Gasteiger partial charge is 0.303 e. The van der Waals surface area contributed by atoms with Crippen LogP contribution in [0.15, 0.2) is 24.3 Å². The third-order valence-corrected chi connectivity index (χ3v) is 5.62. The maximum atomic E-state index is 11.9. The van der Waals surface area contributed by atoms with Crippen LogP contribution < -0.4 is 4.74 Å². The van der Waals surface area contributed by atoms with Gasteiger partial charge in [-0.15, -0.1) is 11.8 Å². The minimum absolute atomic E-state index is 0.156. The van der Waals surface area contributed by atoms with E-state index in [1.54, 1.807) is 7.11 Å². The molecule has 1 heterocycles. The molecule has 2 rings (SSSR count). The molecule has 0 aliphatic carbocycles. The number of hydrogen-bond acceptors (Lipinski definition) is 10. The van der Waals surface area contributed by atoms with Gasteiger partial charge >= 0.3 is 17.9 Å². The third-order valence-electron chi connectivity index (χ3n) is 4.58. The van der Waals surface area contributed by atoms with Crippen molar-refractivity contribution in [3.63, 3.8) is 0 Å². The summed E-state index contributed by atoms with van der Waals surface area (Å²) in [5.74, 6) is -0.233. The number of carbonyl (C=O) groups is 3. The first-order chi connectivity index (χ1) is 15.2. The monoisotopic (exact) mass is 470 g/mol. The van der Waals surface area contributed by atoms with Crippen molar-refractivity contribution in [2.75, 3.05) is 19.5 Å². The Labute approximate surface area is 192 Å². The van der Waals surface area contributed by atoms with Crippen molar-refractivity contribution >= 4 is 29.7 Å². The van der Waals surface area contributed by atoms with E-state index in [0.717, 1.165) is 11.3 Å². The highest BCUT2D eigenvalue weighted by Crippen LogP contribution is 2.34. The summed E-state index contributed by atoms with van der Waals surface area (Å²) < 4.78 is 33.5. The molecule has 32 heavy (non-hydrogen) atoms. The number of esters is 3. The topological polar surface area (TPSA) is 107 Å². The second-order valence-corrected chi connectivity index (χ2v) is 8.45. The van der Waals surface area contributed by atoms with Crippen molar-refractivity contribution in [3.05, 3.63) is 29.8 Å². The van der Waals surface area contributed by atoms with E-state index in [4.69, 9.17) is 28.4 Å². The van der Waals surface area contributed by atoms with E-state index in [-0.39, 0.29) is 13.2 Å². The lowest BCUT2D eigenvalue weighted by Crippen LogP contribution is -2.61. The molecule has 0 unspecified atom stereocenters. The summed E-state index contributed by atoms with van der Waals surface area (Å²) >= 11 is 1.45. The fourth-order valence-corrected chi connectivity index (χ4v) is 4.23. The normalized spacial score (nSPS) is 25.0. The van der Waals surface area contributed by atoms with Gasteiger partial charge in [0.1, 0.15) is 30.0 Å². The van der Waals surface area contributed by atoms with Gasteiger partial charge in [0.25, 0.3) is 0 Å². The predicted molar refractivity (Wildman–Crippen MR) is 116 cm³/mol. The van der Waals surface area contributed by atoms with Crippen LogP contribution in [0.1, 0.15) is 33.3 Å². The Morgan fingerprint density at radius 3 is 2.09 bits per heavy atom. The summed E-state index contributed by atoms with van der Waals surface area (Å²) in [6.45, 7) is 5.79. The van der Waals surface area contributed by atoms with Gasteiger partial charge in [0.2, 0.25) is 0 Å². The zero-order valence-electron chi connectivity index (χ0n) is 18.9. The van der Waals surface area contributed by atoms with Crippen LogP contribution in [0.25, 0.3) is 0 Å². The molecule has 1 aromatic rings. The Morgan fingerprint density at radius 2 is 1.56 bits per heavy atom. The number of carbonyl (C=O) groups excluding carboxylic acids is 3. The van der Waals surface area contributed by atoms with Gasteiger partial charge in [0, 0.05) is 20.8 Å². The van der Waals surface area contributed by atoms with E-state index in [0.29, 0.717) is 5.75 Å². The molecule has 0 bridgehead atoms. The van der Waals surface area contributed by atoms with Gasteiger partial charge in [-0.25, -0.2) is 0 Å². The van der Waals surface area contributed by atoms with Gasteiger partial charge in [0.15, 0.2) is 12.2 Å². The number of rotatable bonds is 10. The molecule has 9 nitrogen and oxygen atoms in total. The van der Waals surface area contributed by atoms with E-state index < -0.39 is 47.8 Å². The lowest BCUT2D eigenvalue weighted by molar-refractivity contribution is -0.241. The third kappa shape index (κ3) is 7.68. The zero-order chi connectivity index (χ0) is 23.7. The lowest BCUT2D eigenvalue weighted by Gasteiger charge is -2.44. The van der Waals surface area contributed by atoms with Crippen LogP contribution in [-0.4, -0.2) is 67.2 Å². The largest absolute Gasteiger partial charge is 0.497 e. The Hall–Kier alpha value is -2.30. The van der Waals surface area contributed by atoms with Gasteiger partial charge in [-0.1, -0.05) is 19.1 Å². The molecule has 0 radical (unpaired) electrons. The number of hydrogen-bond donors (Lipinski definition) is 0. The second-order valence-electron chi connectivity index (χ2n) is 7.07. The van der Waals surface area contributed by atoms with Gasteiger partial charge < -0.3 is 28.4 Å². The minimum atomic E-state index is -1.01. The van der Waals surface area contributed by atoms with Crippen LogP contribution in [-0.2, 0) is 44.7 Å². The molecule has 178 valence electrons. The molecule has 0 N–H and O–H groups in total. The Kier molecular flexibility index (Phi) is 10.3. The van der Waals surface area contributed by atoms with Crippen molar-refractivity contribution in [2.24, 2.45) is 0 Å². The molecular formula is C22H30O9S. The van der Waals surface area contributed by atoms with E-state index in [9.17, 15) is 14.4 Å². The van der Waals surface area contributed by atoms with Gasteiger partial charge in [0.05, 0.1) is 13.7 Å². The molecule has 1 fully saturated rings. The maximum absolute atomic E-state index is 11.9. The van der Waals surface area contributed by atoms with E-state index >= 15 is 0 Å². The van der Waals surface area contributed by atoms with E-state index in [1.165, 1.54) is 32.5 Å². The predicted octanol–water partition coefficient (Wildman–Crippen LogP) is 2.48. The average Bonchev–Trinajstić information content (AvgIpc) is 2.73. The first-order valence-electron chi connectivity index (χ1n) is 10.2. The standard InChI is InChI=1S/C22H30O9S/c1-6-32-22-21(28-11-16-7-9-17(26-5)10-8-16)20(30-15(4)25)19(29-14(3)24)18(31-22)12-27-13(2)23/h7-10,18-22H,6,11-12H2,1-5H3/t18-,19+,20+,21-,22+/m1/s1. The van der Waals surface area contributed by atoms with Crippen LogP contribution in [0.3, 0.4) is 0 Å². The summed E-state index contributed by atoms with van der Waals surface area (Å²) in [4.78, 5) is 35.0. The molecule has 1 aromatic carbocycles. The summed E-state index contributed by atoms with van der Waals surface area (Å²) in [5, 5.41) is 0. The Balaban J connectivity index is 2.30. The zero-order valence-corrected chi connectivity index (χ0v) is 19.7. The molecule has 0 spiro atoms. The molecule has 0 aromatic heterocycles. The summed E-state index contributed by atoms with van der Waals surface area (Å²) in [5.41, 5.74) is 0.327. The van der Waals surface area contributed by atoms with Crippen molar-refractivity contribution in [1.82, 2.24) is 0 Å². The molecule has 1 aliphatic rings. The Morgan fingerprint density at radius 1 is 0.938 bits per heavy atom. The molecule has 10 heteroatoms. The highest BCUT2D eigenvalue weighted by Gasteiger charge is 2.51.